The molecule has 1 fully saturated rings. The van der Waals surface area contributed by atoms with E-state index in [1.165, 1.54) is 0 Å². The average molecular weight is 304 g/mol. The van der Waals surface area contributed by atoms with Crippen LogP contribution >= 0.6 is 0 Å². The molecule has 0 aromatic rings. The normalized spacial score (nSPS) is 29.0. The molecule has 1 heterocycles. The molecule has 7 heteroatoms. The van der Waals surface area contributed by atoms with Crippen LogP contribution in [0.4, 0.5) is 0 Å². The molecule has 0 aliphatic carbocycles. The smallest absolute Gasteiger partial charge is 0.306 e. The number of aliphatic hydroxyl groups excluding tert-OH is 2. The summed E-state index contributed by atoms with van der Waals surface area (Å²) in [5, 5.41) is 19.7. The van der Waals surface area contributed by atoms with Crippen LogP contribution in [0.5, 0.6) is 0 Å². The highest BCUT2D eigenvalue weighted by Crippen LogP contribution is 2.22. The minimum absolute atomic E-state index is 0.00394. The van der Waals surface area contributed by atoms with Gasteiger partial charge in [-0.05, 0) is 12.8 Å². The molecule has 0 saturated carbocycles. The second-order valence-electron chi connectivity index (χ2n) is 5.07. The van der Waals surface area contributed by atoms with Crippen molar-refractivity contribution in [3.63, 3.8) is 0 Å². The van der Waals surface area contributed by atoms with Crippen molar-refractivity contribution >= 4 is 11.9 Å². The summed E-state index contributed by atoms with van der Waals surface area (Å²) >= 11 is 0. The van der Waals surface area contributed by atoms with Crippen LogP contribution in [0.3, 0.4) is 0 Å². The number of hydrogen-bond donors (Lipinski definition) is 2. The summed E-state index contributed by atoms with van der Waals surface area (Å²) < 4.78 is 15.2. The standard InChI is InChI=1S/C14H24O7/c1-3-5-11(15)19-8-10-14(18)9(7-13(17)21-10)20-12(16)6-4-2/h9-10,13-14,17-18H,3-8H2,1-2H3/t9-,10-,13+,14+/m1/s1. The van der Waals surface area contributed by atoms with Crippen LogP contribution in [0, 0.1) is 0 Å². The predicted octanol–water partition coefficient (Wildman–Crippen LogP) is 0.510. The number of ether oxygens (including phenoxy) is 3. The van der Waals surface area contributed by atoms with Crippen LogP contribution in [0.25, 0.3) is 0 Å². The monoisotopic (exact) mass is 304 g/mol. The molecule has 1 aliphatic rings. The Kier molecular flexibility index (Phi) is 7.63. The maximum atomic E-state index is 11.5. The van der Waals surface area contributed by atoms with Crippen LogP contribution in [0.15, 0.2) is 0 Å². The van der Waals surface area contributed by atoms with E-state index in [2.05, 4.69) is 0 Å². The third-order valence-corrected chi connectivity index (χ3v) is 3.13. The Morgan fingerprint density at radius 1 is 1.14 bits per heavy atom. The van der Waals surface area contributed by atoms with E-state index < -0.39 is 36.5 Å². The van der Waals surface area contributed by atoms with Crippen molar-refractivity contribution < 1.29 is 34.0 Å². The van der Waals surface area contributed by atoms with Crippen LogP contribution in [-0.4, -0.2) is 53.4 Å². The Balaban J connectivity index is 2.52. The number of carbonyl (C=O) groups excluding carboxylic acids is 2. The quantitative estimate of drug-likeness (QED) is 0.661. The van der Waals surface area contributed by atoms with Gasteiger partial charge in [0, 0.05) is 19.3 Å². The summed E-state index contributed by atoms with van der Waals surface area (Å²) in [7, 11) is 0. The molecule has 122 valence electrons. The molecule has 0 bridgehead atoms. The minimum Gasteiger partial charge on any atom is -0.463 e. The van der Waals surface area contributed by atoms with E-state index in [9.17, 15) is 19.8 Å². The second-order valence-corrected chi connectivity index (χ2v) is 5.07. The maximum absolute atomic E-state index is 11.5. The van der Waals surface area contributed by atoms with Gasteiger partial charge in [-0.25, -0.2) is 0 Å². The van der Waals surface area contributed by atoms with E-state index in [1.54, 1.807) is 0 Å². The van der Waals surface area contributed by atoms with Crippen molar-refractivity contribution in [2.45, 2.75) is 70.6 Å². The zero-order valence-electron chi connectivity index (χ0n) is 12.5. The summed E-state index contributed by atoms with van der Waals surface area (Å²) in [4.78, 5) is 22.8. The Hall–Kier alpha value is -1.18. The van der Waals surface area contributed by atoms with Gasteiger partial charge in [-0.3, -0.25) is 9.59 Å². The molecule has 1 aliphatic heterocycles. The lowest BCUT2D eigenvalue weighted by atomic mass is 10.0. The lowest BCUT2D eigenvalue weighted by Crippen LogP contribution is -2.52. The molecule has 0 aromatic carbocycles. The van der Waals surface area contributed by atoms with Crippen LogP contribution in [0.1, 0.15) is 46.0 Å². The highest BCUT2D eigenvalue weighted by molar-refractivity contribution is 5.69. The third kappa shape index (κ3) is 5.99. The first-order chi connectivity index (χ1) is 9.97. The van der Waals surface area contributed by atoms with Gasteiger partial charge in [0.05, 0.1) is 0 Å². The van der Waals surface area contributed by atoms with Crippen molar-refractivity contribution in [2.75, 3.05) is 6.61 Å². The first-order valence-electron chi connectivity index (χ1n) is 7.34. The molecule has 4 atom stereocenters. The molecule has 0 amide bonds. The van der Waals surface area contributed by atoms with Gasteiger partial charge in [0.25, 0.3) is 0 Å². The van der Waals surface area contributed by atoms with Gasteiger partial charge in [0.1, 0.15) is 24.9 Å². The summed E-state index contributed by atoms with van der Waals surface area (Å²) in [6.07, 6.45) is -2.25. The van der Waals surface area contributed by atoms with Gasteiger partial charge >= 0.3 is 11.9 Å². The fourth-order valence-electron chi connectivity index (χ4n) is 2.05. The van der Waals surface area contributed by atoms with E-state index in [4.69, 9.17) is 14.2 Å². The van der Waals surface area contributed by atoms with E-state index in [0.717, 1.165) is 0 Å². The number of esters is 2. The molecular weight excluding hydrogens is 280 g/mol. The Morgan fingerprint density at radius 3 is 2.38 bits per heavy atom. The largest absolute Gasteiger partial charge is 0.463 e. The molecule has 7 nitrogen and oxygen atoms in total. The SMILES string of the molecule is CCCC(=O)OC[C@H]1O[C@H](O)C[C@@H](OC(=O)CCC)[C@@H]1O. The van der Waals surface area contributed by atoms with Gasteiger partial charge in [-0.15, -0.1) is 0 Å². The molecule has 1 rings (SSSR count). The van der Waals surface area contributed by atoms with Crippen molar-refractivity contribution in [3.05, 3.63) is 0 Å². The lowest BCUT2D eigenvalue weighted by Gasteiger charge is -2.36. The minimum atomic E-state index is -1.16. The maximum Gasteiger partial charge on any atom is 0.306 e. The van der Waals surface area contributed by atoms with Crippen molar-refractivity contribution in [1.29, 1.82) is 0 Å². The highest BCUT2D eigenvalue weighted by atomic mass is 16.6. The predicted molar refractivity (Wildman–Crippen MR) is 72.2 cm³/mol. The average Bonchev–Trinajstić information content (AvgIpc) is 2.41. The summed E-state index contributed by atoms with van der Waals surface area (Å²) in [5.41, 5.74) is 0. The zero-order chi connectivity index (χ0) is 15.8. The Labute approximate surface area is 124 Å². The van der Waals surface area contributed by atoms with Gasteiger partial charge in [0.2, 0.25) is 0 Å². The van der Waals surface area contributed by atoms with Crippen molar-refractivity contribution in [2.24, 2.45) is 0 Å². The number of hydrogen-bond acceptors (Lipinski definition) is 7. The Bertz CT molecular complexity index is 344. The Morgan fingerprint density at radius 2 is 1.76 bits per heavy atom. The van der Waals surface area contributed by atoms with Crippen LogP contribution < -0.4 is 0 Å². The molecule has 2 N–H and O–H groups in total. The van der Waals surface area contributed by atoms with Gasteiger partial charge in [-0.2, -0.15) is 0 Å². The summed E-state index contributed by atoms with van der Waals surface area (Å²) in [6.45, 7) is 3.51. The zero-order valence-corrected chi connectivity index (χ0v) is 12.5. The highest BCUT2D eigenvalue weighted by Gasteiger charge is 2.39. The van der Waals surface area contributed by atoms with Crippen LogP contribution in [-0.2, 0) is 23.8 Å². The lowest BCUT2D eigenvalue weighted by molar-refractivity contribution is -0.247. The molecule has 0 unspecified atom stereocenters. The van der Waals surface area contributed by atoms with E-state index in [0.29, 0.717) is 12.8 Å². The fourth-order valence-corrected chi connectivity index (χ4v) is 2.05. The van der Waals surface area contributed by atoms with Gasteiger partial charge in [0.15, 0.2) is 6.29 Å². The first-order valence-corrected chi connectivity index (χ1v) is 7.34. The number of carbonyl (C=O) groups is 2. The molecule has 21 heavy (non-hydrogen) atoms. The summed E-state index contributed by atoms with van der Waals surface area (Å²) in [6, 6.07) is 0. The second kappa shape index (κ2) is 8.96. The number of aliphatic hydroxyl groups is 2. The molecular formula is C14H24O7. The van der Waals surface area contributed by atoms with Crippen LogP contribution in [0.2, 0.25) is 0 Å². The van der Waals surface area contributed by atoms with Crippen molar-refractivity contribution in [1.82, 2.24) is 0 Å². The fraction of sp³-hybridized carbons (Fsp3) is 0.857. The third-order valence-electron chi connectivity index (χ3n) is 3.13. The van der Waals surface area contributed by atoms with E-state index in [-0.39, 0.29) is 25.9 Å². The topological polar surface area (TPSA) is 102 Å². The molecule has 0 radical (unpaired) electrons. The molecule has 0 aromatic heterocycles. The molecule has 0 spiro atoms. The van der Waals surface area contributed by atoms with Gasteiger partial charge in [-0.1, -0.05) is 13.8 Å². The van der Waals surface area contributed by atoms with E-state index >= 15 is 0 Å². The number of rotatable bonds is 7. The first kappa shape index (κ1) is 17.9. The molecule has 1 saturated heterocycles. The van der Waals surface area contributed by atoms with Crippen molar-refractivity contribution in [3.8, 4) is 0 Å². The summed E-state index contributed by atoms with van der Waals surface area (Å²) in [5.74, 6) is -0.828. The van der Waals surface area contributed by atoms with E-state index in [1.807, 2.05) is 13.8 Å². The van der Waals surface area contributed by atoms with Gasteiger partial charge < -0.3 is 24.4 Å².